The number of aliphatic hydroxyl groups is 1. The maximum Gasteiger partial charge on any atom is 0.0749 e. The van der Waals surface area contributed by atoms with Crippen LogP contribution in [0.4, 0.5) is 0 Å². The average Bonchev–Trinajstić information content (AvgIpc) is 2.09. The molecule has 0 aliphatic heterocycles. The highest BCUT2D eigenvalue weighted by molar-refractivity contribution is 4.97. The Morgan fingerprint density at radius 3 is 2.92 bits per heavy atom. The summed E-state index contributed by atoms with van der Waals surface area (Å²) in [6.45, 7) is 2.22. The van der Waals surface area contributed by atoms with Crippen LogP contribution in [0.3, 0.4) is 0 Å². The molecule has 0 aromatic rings. The van der Waals surface area contributed by atoms with Gasteiger partial charge in [0.1, 0.15) is 0 Å². The van der Waals surface area contributed by atoms with E-state index in [0.29, 0.717) is 5.92 Å². The zero-order chi connectivity index (χ0) is 8.81. The van der Waals surface area contributed by atoms with Crippen molar-refractivity contribution in [3.63, 3.8) is 0 Å². The summed E-state index contributed by atoms with van der Waals surface area (Å²) in [6.07, 6.45) is 11.3. The Kier molecular flexibility index (Phi) is 4.37. The standard InChI is InChI=1S/C11H20O/c1-2-3-4-7-10-8-5-6-9-11(10)12/h6,9-12H,2-5,7-8H2,1H3. The van der Waals surface area contributed by atoms with E-state index >= 15 is 0 Å². The molecule has 2 unspecified atom stereocenters. The van der Waals surface area contributed by atoms with Gasteiger partial charge in [0, 0.05) is 0 Å². The van der Waals surface area contributed by atoms with Gasteiger partial charge in [0.15, 0.2) is 0 Å². The second kappa shape index (κ2) is 5.36. The molecule has 1 aliphatic rings. The molecule has 0 saturated heterocycles. The molecule has 0 spiro atoms. The molecule has 1 aliphatic carbocycles. The molecule has 1 nitrogen and oxygen atoms in total. The lowest BCUT2D eigenvalue weighted by molar-refractivity contribution is 0.132. The van der Waals surface area contributed by atoms with Crippen molar-refractivity contribution in [2.75, 3.05) is 0 Å². The van der Waals surface area contributed by atoms with E-state index in [9.17, 15) is 5.11 Å². The lowest BCUT2D eigenvalue weighted by Crippen LogP contribution is -2.20. The van der Waals surface area contributed by atoms with Crippen molar-refractivity contribution in [1.29, 1.82) is 0 Å². The Balaban J connectivity index is 2.18. The van der Waals surface area contributed by atoms with Crippen LogP contribution < -0.4 is 0 Å². The second-order valence-electron chi connectivity index (χ2n) is 3.75. The van der Waals surface area contributed by atoms with Crippen molar-refractivity contribution in [2.45, 2.75) is 51.6 Å². The van der Waals surface area contributed by atoms with Crippen molar-refractivity contribution in [3.8, 4) is 0 Å². The first-order valence-corrected chi connectivity index (χ1v) is 5.19. The monoisotopic (exact) mass is 168 g/mol. The second-order valence-corrected chi connectivity index (χ2v) is 3.75. The molecule has 0 aromatic heterocycles. The lowest BCUT2D eigenvalue weighted by atomic mass is 9.87. The Labute approximate surface area is 75.5 Å². The van der Waals surface area contributed by atoms with E-state index in [1.807, 2.05) is 6.08 Å². The first-order chi connectivity index (χ1) is 5.84. The van der Waals surface area contributed by atoms with E-state index in [1.165, 1.54) is 32.1 Å². The first kappa shape index (κ1) is 9.79. The van der Waals surface area contributed by atoms with E-state index in [-0.39, 0.29) is 6.10 Å². The summed E-state index contributed by atoms with van der Waals surface area (Å²) < 4.78 is 0. The quantitative estimate of drug-likeness (QED) is 0.505. The molecule has 2 atom stereocenters. The summed E-state index contributed by atoms with van der Waals surface area (Å²) in [4.78, 5) is 0. The third-order valence-electron chi connectivity index (χ3n) is 2.70. The third-order valence-corrected chi connectivity index (χ3v) is 2.70. The van der Waals surface area contributed by atoms with Gasteiger partial charge in [0.2, 0.25) is 0 Å². The maximum absolute atomic E-state index is 9.58. The Morgan fingerprint density at radius 2 is 2.25 bits per heavy atom. The molecule has 0 amide bonds. The van der Waals surface area contributed by atoms with Gasteiger partial charge in [-0.05, 0) is 25.2 Å². The topological polar surface area (TPSA) is 20.2 Å². The van der Waals surface area contributed by atoms with Gasteiger partial charge in [0.25, 0.3) is 0 Å². The van der Waals surface area contributed by atoms with Crippen LogP contribution in [0.15, 0.2) is 12.2 Å². The molecule has 70 valence electrons. The highest BCUT2D eigenvalue weighted by atomic mass is 16.3. The highest BCUT2D eigenvalue weighted by Gasteiger charge is 2.17. The maximum atomic E-state index is 9.58. The third kappa shape index (κ3) is 2.98. The molecule has 0 radical (unpaired) electrons. The fourth-order valence-corrected chi connectivity index (χ4v) is 1.85. The number of hydrogen-bond donors (Lipinski definition) is 1. The molecular weight excluding hydrogens is 148 g/mol. The summed E-state index contributed by atoms with van der Waals surface area (Å²) in [7, 11) is 0. The van der Waals surface area contributed by atoms with Gasteiger partial charge in [-0.2, -0.15) is 0 Å². The number of allylic oxidation sites excluding steroid dienone is 1. The minimum absolute atomic E-state index is 0.157. The van der Waals surface area contributed by atoms with Gasteiger partial charge < -0.3 is 5.11 Å². The summed E-state index contributed by atoms with van der Waals surface area (Å²) in [5, 5.41) is 9.58. The Hall–Kier alpha value is -0.300. The van der Waals surface area contributed by atoms with E-state index in [2.05, 4.69) is 13.0 Å². The van der Waals surface area contributed by atoms with E-state index in [0.717, 1.165) is 6.42 Å². The Bertz CT molecular complexity index is 140. The van der Waals surface area contributed by atoms with Crippen LogP contribution >= 0.6 is 0 Å². The van der Waals surface area contributed by atoms with Gasteiger partial charge in [-0.3, -0.25) is 0 Å². The largest absolute Gasteiger partial charge is 0.389 e. The van der Waals surface area contributed by atoms with Gasteiger partial charge in [0.05, 0.1) is 6.10 Å². The fourth-order valence-electron chi connectivity index (χ4n) is 1.85. The van der Waals surface area contributed by atoms with Gasteiger partial charge in [-0.1, -0.05) is 38.3 Å². The minimum Gasteiger partial charge on any atom is -0.389 e. The molecule has 0 heterocycles. The van der Waals surface area contributed by atoms with E-state index < -0.39 is 0 Å². The van der Waals surface area contributed by atoms with Crippen LogP contribution in [-0.4, -0.2) is 11.2 Å². The molecule has 0 bridgehead atoms. The fraction of sp³-hybridized carbons (Fsp3) is 0.818. The first-order valence-electron chi connectivity index (χ1n) is 5.19. The molecule has 0 aromatic carbocycles. The van der Waals surface area contributed by atoms with Crippen LogP contribution in [0, 0.1) is 5.92 Å². The molecular formula is C11H20O. The van der Waals surface area contributed by atoms with Crippen LogP contribution in [0.5, 0.6) is 0 Å². The van der Waals surface area contributed by atoms with E-state index in [4.69, 9.17) is 0 Å². The summed E-state index contributed by atoms with van der Waals surface area (Å²) in [5.74, 6) is 0.543. The molecule has 1 heteroatoms. The predicted molar refractivity (Wildman–Crippen MR) is 52.0 cm³/mol. The lowest BCUT2D eigenvalue weighted by Gasteiger charge is -2.23. The van der Waals surface area contributed by atoms with Crippen molar-refractivity contribution >= 4 is 0 Å². The molecule has 0 fully saturated rings. The van der Waals surface area contributed by atoms with Crippen LogP contribution in [0.25, 0.3) is 0 Å². The smallest absolute Gasteiger partial charge is 0.0749 e. The average molecular weight is 168 g/mol. The summed E-state index contributed by atoms with van der Waals surface area (Å²) >= 11 is 0. The van der Waals surface area contributed by atoms with Crippen molar-refractivity contribution in [2.24, 2.45) is 5.92 Å². The number of hydrogen-bond acceptors (Lipinski definition) is 1. The van der Waals surface area contributed by atoms with Crippen molar-refractivity contribution < 1.29 is 5.11 Å². The van der Waals surface area contributed by atoms with Crippen molar-refractivity contribution in [3.05, 3.63) is 12.2 Å². The van der Waals surface area contributed by atoms with Gasteiger partial charge in [-0.25, -0.2) is 0 Å². The van der Waals surface area contributed by atoms with Gasteiger partial charge >= 0.3 is 0 Å². The van der Waals surface area contributed by atoms with Crippen molar-refractivity contribution in [1.82, 2.24) is 0 Å². The SMILES string of the molecule is CCCCCC1CCC=CC1O. The van der Waals surface area contributed by atoms with Crippen LogP contribution in [-0.2, 0) is 0 Å². The Morgan fingerprint density at radius 1 is 1.42 bits per heavy atom. The zero-order valence-corrected chi connectivity index (χ0v) is 8.00. The minimum atomic E-state index is -0.157. The summed E-state index contributed by atoms with van der Waals surface area (Å²) in [6, 6.07) is 0. The predicted octanol–water partition coefficient (Wildman–Crippen LogP) is 2.89. The molecule has 1 rings (SSSR count). The van der Waals surface area contributed by atoms with Crippen LogP contribution in [0.2, 0.25) is 0 Å². The normalized spacial score (nSPS) is 29.2. The highest BCUT2D eigenvalue weighted by Crippen LogP contribution is 2.24. The molecule has 0 saturated carbocycles. The number of rotatable bonds is 4. The van der Waals surface area contributed by atoms with Crippen LogP contribution in [0.1, 0.15) is 45.4 Å². The van der Waals surface area contributed by atoms with E-state index in [1.54, 1.807) is 0 Å². The number of unbranched alkanes of at least 4 members (excludes halogenated alkanes) is 2. The molecule has 12 heavy (non-hydrogen) atoms. The van der Waals surface area contributed by atoms with Gasteiger partial charge in [-0.15, -0.1) is 0 Å². The summed E-state index contributed by atoms with van der Waals surface area (Å²) in [5.41, 5.74) is 0. The molecule has 1 N–H and O–H groups in total. The number of aliphatic hydroxyl groups excluding tert-OH is 1. The zero-order valence-electron chi connectivity index (χ0n) is 8.00.